The van der Waals surface area contributed by atoms with Crippen molar-refractivity contribution < 1.29 is 19.1 Å². The monoisotopic (exact) mass is 380 g/mol. The van der Waals surface area contributed by atoms with Gasteiger partial charge in [0.1, 0.15) is 0 Å². The van der Waals surface area contributed by atoms with Gasteiger partial charge in [0.15, 0.2) is 0 Å². The molecule has 0 aromatic heterocycles. The second-order valence-corrected chi connectivity index (χ2v) is 6.84. The van der Waals surface area contributed by atoms with Crippen molar-refractivity contribution in [3.8, 4) is 0 Å². The molecule has 6 nitrogen and oxygen atoms in total. The average molecular weight is 380 g/mol. The number of likely N-dealkylation sites (tertiary alicyclic amines) is 1. The third-order valence-electron chi connectivity index (χ3n) is 4.84. The van der Waals surface area contributed by atoms with Crippen LogP contribution in [0.15, 0.2) is 54.6 Å². The highest BCUT2D eigenvalue weighted by molar-refractivity contribution is 5.95. The Morgan fingerprint density at radius 3 is 2.61 bits per heavy atom. The Hall–Kier alpha value is -3.15. The molecule has 0 bridgehead atoms. The number of nitrogens with one attached hydrogen (secondary N) is 1. The maximum atomic E-state index is 12.8. The number of nitrogens with zero attached hydrogens (tertiary/aromatic N) is 1. The molecule has 2 aromatic carbocycles. The summed E-state index contributed by atoms with van der Waals surface area (Å²) < 4.78 is 4.77. The summed E-state index contributed by atoms with van der Waals surface area (Å²) in [6, 6.07) is 16.1. The molecule has 2 amide bonds. The standard InChI is InChI=1S/C22H24N2O4/c1-28-21(26)14-19(17-8-3-2-4-9-17)23-22(27)18-10-5-7-16(13-18)15-24-12-6-11-20(24)25/h2-5,7-10,13,19H,6,11-12,14-15H2,1H3,(H,23,27)/t19-/m0/s1. The average Bonchev–Trinajstić information content (AvgIpc) is 3.12. The van der Waals surface area contributed by atoms with Gasteiger partial charge in [-0.1, -0.05) is 42.5 Å². The first-order valence-corrected chi connectivity index (χ1v) is 9.36. The predicted molar refractivity (Wildman–Crippen MR) is 104 cm³/mol. The van der Waals surface area contributed by atoms with E-state index in [1.807, 2.05) is 42.5 Å². The molecular weight excluding hydrogens is 356 g/mol. The second-order valence-electron chi connectivity index (χ2n) is 6.84. The summed E-state index contributed by atoms with van der Waals surface area (Å²) in [5.41, 5.74) is 2.24. The Bertz CT molecular complexity index is 851. The van der Waals surface area contributed by atoms with Crippen LogP contribution in [-0.2, 0) is 20.9 Å². The summed E-state index contributed by atoms with van der Waals surface area (Å²) in [6.45, 7) is 1.26. The third kappa shape index (κ3) is 4.97. The summed E-state index contributed by atoms with van der Waals surface area (Å²) in [5, 5.41) is 2.92. The van der Waals surface area contributed by atoms with E-state index in [0.717, 1.165) is 24.1 Å². The van der Waals surface area contributed by atoms with E-state index in [1.165, 1.54) is 7.11 Å². The van der Waals surface area contributed by atoms with E-state index >= 15 is 0 Å². The van der Waals surface area contributed by atoms with Gasteiger partial charge in [0.25, 0.3) is 5.91 Å². The normalized spacial score (nSPS) is 14.6. The Labute approximate surface area is 164 Å². The highest BCUT2D eigenvalue weighted by atomic mass is 16.5. The molecule has 0 unspecified atom stereocenters. The van der Waals surface area contributed by atoms with Crippen molar-refractivity contribution >= 4 is 17.8 Å². The molecule has 146 valence electrons. The van der Waals surface area contributed by atoms with Crippen LogP contribution in [0.3, 0.4) is 0 Å². The highest BCUT2D eigenvalue weighted by Gasteiger charge is 2.22. The maximum Gasteiger partial charge on any atom is 0.307 e. The van der Waals surface area contributed by atoms with E-state index in [-0.39, 0.29) is 18.2 Å². The van der Waals surface area contributed by atoms with E-state index in [2.05, 4.69) is 5.32 Å². The van der Waals surface area contributed by atoms with Gasteiger partial charge < -0.3 is 15.0 Å². The molecule has 1 N–H and O–H groups in total. The Kier molecular flexibility index (Phi) is 6.42. The van der Waals surface area contributed by atoms with Gasteiger partial charge >= 0.3 is 5.97 Å². The molecule has 1 heterocycles. The van der Waals surface area contributed by atoms with E-state index in [1.54, 1.807) is 17.0 Å². The molecule has 0 radical (unpaired) electrons. The SMILES string of the molecule is COC(=O)C[C@H](NC(=O)c1cccc(CN2CCCC2=O)c1)c1ccccc1. The quantitative estimate of drug-likeness (QED) is 0.750. The number of hydrogen-bond acceptors (Lipinski definition) is 4. The molecule has 28 heavy (non-hydrogen) atoms. The topological polar surface area (TPSA) is 75.7 Å². The van der Waals surface area contributed by atoms with Crippen molar-refractivity contribution in [3.05, 3.63) is 71.3 Å². The molecule has 1 atom stereocenters. The Balaban J connectivity index is 1.73. The van der Waals surface area contributed by atoms with E-state index in [4.69, 9.17) is 4.74 Å². The highest BCUT2D eigenvalue weighted by Crippen LogP contribution is 2.19. The summed E-state index contributed by atoms with van der Waals surface area (Å²) in [4.78, 5) is 38.2. The first-order chi connectivity index (χ1) is 13.6. The van der Waals surface area contributed by atoms with Gasteiger partial charge in [-0.25, -0.2) is 0 Å². The van der Waals surface area contributed by atoms with Crippen LogP contribution in [0.1, 0.15) is 46.8 Å². The van der Waals surface area contributed by atoms with Crippen LogP contribution >= 0.6 is 0 Å². The van der Waals surface area contributed by atoms with Crippen molar-refractivity contribution in [3.63, 3.8) is 0 Å². The van der Waals surface area contributed by atoms with Crippen LogP contribution in [0.5, 0.6) is 0 Å². The maximum absolute atomic E-state index is 12.8. The molecule has 6 heteroatoms. The molecule has 1 aliphatic heterocycles. The summed E-state index contributed by atoms with van der Waals surface area (Å²) in [6.07, 6.45) is 1.52. The molecule has 0 aliphatic carbocycles. The van der Waals surface area contributed by atoms with Gasteiger partial charge in [-0.15, -0.1) is 0 Å². The molecular formula is C22H24N2O4. The second kappa shape index (κ2) is 9.17. The van der Waals surface area contributed by atoms with E-state index < -0.39 is 12.0 Å². The fourth-order valence-electron chi connectivity index (χ4n) is 3.33. The number of rotatable bonds is 7. The Morgan fingerprint density at radius 1 is 1.14 bits per heavy atom. The predicted octanol–water partition coefficient (Wildman–Crippen LogP) is 2.84. The minimum atomic E-state index is -0.482. The lowest BCUT2D eigenvalue weighted by molar-refractivity contribution is -0.141. The van der Waals surface area contributed by atoms with E-state index in [9.17, 15) is 14.4 Å². The fourth-order valence-corrected chi connectivity index (χ4v) is 3.33. The molecule has 3 rings (SSSR count). The lowest BCUT2D eigenvalue weighted by Gasteiger charge is -2.19. The van der Waals surface area contributed by atoms with Crippen LogP contribution in [0.4, 0.5) is 0 Å². The van der Waals surface area contributed by atoms with Gasteiger partial charge in [0.2, 0.25) is 5.91 Å². The number of amides is 2. The van der Waals surface area contributed by atoms with Crippen molar-refractivity contribution in [1.29, 1.82) is 0 Å². The lowest BCUT2D eigenvalue weighted by atomic mass is 10.0. The van der Waals surface area contributed by atoms with Gasteiger partial charge in [-0.05, 0) is 29.7 Å². The molecule has 0 spiro atoms. The zero-order chi connectivity index (χ0) is 19.9. The number of methoxy groups -OCH3 is 1. The molecule has 1 saturated heterocycles. The number of carbonyl (C=O) groups is 3. The van der Waals surface area contributed by atoms with E-state index in [0.29, 0.717) is 18.5 Å². The summed E-state index contributed by atoms with van der Waals surface area (Å²) in [5.74, 6) is -0.514. The van der Waals surface area contributed by atoms with Gasteiger partial charge in [0.05, 0.1) is 19.6 Å². The molecule has 1 aliphatic rings. The zero-order valence-electron chi connectivity index (χ0n) is 15.9. The Morgan fingerprint density at radius 2 is 1.93 bits per heavy atom. The minimum Gasteiger partial charge on any atom is -0.469 e. The fraction of sp³-hybridized carbons (Fsp3) is 0.318. The molecule has 0 saturated carbocycles. The van der Waals surface area contributed by atoms with Gasteiger partial charge in [0, 0.05) is 25.1 Å². The van der Waals surface area contributed by atoms with Crippen molar-refractivity contribution in [2.45, 2.75) is 31.8 Å². The number of ether oxygens (including phenoxy) is 1. The lowest BCUT2D eigenvalue weighted by Crippen LogP contribution is -2.30. The molecule has 1 fully saturated rings. The van der Waals surface area contributed by atoms with Crippen LogP contribution in [-0.4, -0.2) is 36.3 Å². The number of carbonyl (C=O) groups excluding carboxylic acids is 3. The first-order valence-electron chi connectivity index (χ1n) is 9.36. The number of hydrogen-bond donors (Lipinski definition) is 1. The summed E-state index contributed by atoms with van der Waals surface area (Å²) >= 11 is 0. The van der Waals surface area contributed by atoms with Crippen LogP contribution in [0, 0.1) is 0 Å². The van der Waals surface area contributed by atoms with Gasteiger partial charge in [-0.3, -0.25) is 14.4 Å². The molecule has 2 aromatic rings. The largest absolute Gasteiger partial charge is 0.469 e. The van der Waals surface area contributed by atoms with Crippen LogP contribution in [0.2, 0.25) is 0 Å². The van der Waals surface area contributed by atoms with Crippen molar-refractivity contribution in [2.75, 3.05) is 13.7 Å². The summed E-state index contributed by atoms with van der Waals surface area (Å²) in [7, 11) is 1.33. The van der Waals surface area contributed by atoms with Gasteiger partial charge in [-0.2, -0.15) is 0 Å². The van der Waals surface area contributed by atoms with Crippen LogP contribution < -0.4 is 5.32 Å². The zero-order valence-corrected chi connectivity index (χ0v) is 15.9. The number of esters is 1. The smallest absolute Gasteiger partial charge is 0.307 e. The first kappa shape index (κ1) is 19.6. The third-order valence-corrected chi connectivity index (χ3v) is 4.84. The number of benzene rings is 2. The minimum absolute atomic E-state index is 0.0498. The van der Waals surface area contributed by atoms with Crippen molar-refractivity contribution in [2.24, 2.45) is 0 Å². The van der Waals surface area contributed by atoms with Crippen LogP contribution in [0.25, 0.3) is 0 Å². The van der Waals surface area contributed by atoms with Crippen molar-refractivity contribution in [1.82, 2.24) is 10.2 Å².